The highest BCUT2D eigenvalue weighted by Gasteiger charge is 2.37. The number of halogens is 1. The zero-order valence-electron chi connectivity index (χ0n) is 23.7. The predicted molar refractivity (Wildman–Crippen MR) is 150 cm³/mol. The summed E-state index contributed by atoms with van der Waals surface area (Å²) in [6.45, 7) is 28.5. The van der Waals surface area contributed by atoms with Crippen molar-refractivity contribution in [1.82, 2.24) is 0 Å². The molecule has 1 rings (SSSR count). The first-order valence-corrected chi connectivity index (χ1v) is 13.3. The van der Waals surface area contributed by atoms with Crippen LogP contribution in [0.5, 0.6) is 0 Å². The minimum Gasteiger partial charge on any atom is -0.494 e. The zero-order chi connectivity index (χ0) is 27.0. The molecule has 0 aromatic heterocycles. The fraction of sp³-hybridized carbons (Fsp3) is 0.645. The molecule has 0 fully saturated rings. The Kier molecular flexibility index (Phi) is 11.6. The van der Waals surface area contributed by atoms with Gasteiger partial charge in [0.1, 0.15) is 13.2 Å². The van der Waals surface area contributed by atoms with E-state index in [4.69, 9.17) is 21.1 Å². The summed E-state index contributed by atoms with van der Waals surface area (Å²) in [5.41, 5.74) is 2.96. The standard InChI is InChI=1S/C31H49ClO3/c1-22(2)28(33)35-19-18-34-24(4)31(11,20-23(3)29(5,6)7)17-16-27(30(8,9)10)26-14-12-25(21-32)13-15-26/h12-15,23,27H,1,4,16-21H2,2-3,5-11H3. The molecule has 1 aromatic rings. The van der Waals surface area contributed by atoms with Gasteiger partial charge in [-0.05, 0) is 60.0 Å². The number of alkyl halides is 1. The molecule has 0 spiro atoms. The summed E-state index contributed by atoms with van der Waals surface area (Å²) >= 11 is 6.02. The number of allylic oxidation sites excluding steroid dienone is 1. The zero-order valence-corrected chi connectivity index (χ0v) is 24.5. The van der Waals surface area contributed by atoms with Gasteiger partial charge in [0.25, 0.3) is 0 Å². The Labute approximate surface area is 220 Å². The van der Waals surface area contributed by atoms with Crippen molar-refractivity contribution in [1.29, 1.82) is 0 Å². The third-order valence-corrected chi connectivity index (χ3v) is 7.72. The Morgan fingerprint density at radius 2 is 1.49 bits per heavy atom. The van der Waals surface area contributed by atoms with Crippen LogP contribution in [0.4, 0.5) is 0 Å². The van der Waals surface area contributed by atoms with Gasteiger partial charge < -0.3 is 9.47 Å². The molecular weight excluding hydrogens is 456 g/mol. The first-order chi connectivity index (χ1) is 16.0. The van der Waals surface area contributed by atoms with Crippen molar-refractivity contribution in [3.05, 3.63) is 59.9 Å². The topological polar surface area (TPSA) is 35.5 Å². The van der Waals surface area contributed by atoms with Gasteiger partial charge in [0.2, 0.25) is 0 Å². The van der Waals surface area contributed by atoms with Crippen molar-refractivity contribution < 1.29 is 14.3 Å². The largest absolute Gasteiger partial charge is 0.494 e. The monoisotopic (exact) mass is 504 g/mol. The molecule has 3 atom stereocenters. The molecule has 198 valence electrons. The number of benzene rings is 1. The summed E-state index contributed by atoms with van der Waals surface area (Å²) < 4.78 is 11.3. The molecule has 0 radical (unpaired) electrons. The molecule has 0 heterocycles. The lowest BCUT2D eigenvalue weighted by atomic mass is 9.66. The molecule has 0 aliphatic rings. The second-order valence-corrected chi connectivity index (χ2v) is 12.8. The van der Waals surface area contributed by atoms with Gasteiger partial charge in [0.05, 0.1) is 5.76 Å². The van der Waals surface area contributed by atoms with Crippen LogP contribution in [0.2, 0.25) is 0 Å². The molecule has 35 heavy (non-hydrogen) atoms. The summed E-state index contributed by atoms with van der Waals surface area (Å²) in [4.78, 5) is 11.7. The SMILES string of the molecule is C=C(C)C(=O)OCCOC(=C)C(C)(CCC(c1ccc(CCl)cc1)C(C)(C)C)CC(C)C(C)(C)C. The molecule has 0 aliphatic carbocycles. The van der Waals surface area contributed by atoms with E-state index in [2.05, 4.69) is 92.8 Å². The van der Waals surface area contributed by atoms with Gasteiger partial charge in [-0.15, -0.1) is 11.6 Å². The Bertz CT molecular complexity index is 841. The number of ether oxygens (including phenoxy) is 2. The first kappa shape index (κ1) is 31.3. The van der Waals surface area contributed by atoms with E-state index >= 15 is 0 Å². The number of carbonyl (C=O) groups excluding carboxylic acids is 1. The second kappa shape index (κ2) is 13.0. The third-order valence-electron chi connectivity index (χ3n) is 7.42. The summed E-state index contributed by atoms with van der Waals surface area (Å²) in [6.07, 6.45) is 2.95. The Morgan fingerprint density at radius 3 is 1.94 bits per heavy atom. The normalized spacial score (nSPS) is 15.6. The molecule has 3 nitrogen and oxygen atoms in total. The van der Waals surface area contributed by atoms with Crippen molar-refractivity contribution in [3.8, 4) is 0 Å². The number of hydrogen-bond acceptors (Lipinski definition) is 3. The van der Waals surface area contributed by atoms with Crippen LogP contribution in [0.3, 0.4) is 0 Å². The van der Waals surface area contributed by atoms with Gasteiger partial charge in [-0.25, -0.2) is 4.79 Å². The Hall–Kier alpha value is -1.74. The van der Waals surface area contributed by atoms with E-state index in [-0.39, 0.29) is 22.9 Å². The quantitative estimate of drug-likeness (QED) is 0.0883. The van der Waals surface area contributed by atoms with Crippen LogP contribution in [-0.2, 0) is 20.1 Å². The molecule has 0 aliphatic heterocycles. The van der Waals surface area contributed by atoms with Gasteiger partial charge in [-0.1, -0.05) is 92.8 Å². The molecule has 3 unspecified atom stereocenters. The van der Waals surface area contributed by atoms with E-state index < -0.39 is 5.97 Å². The maximum atomic E-state index is 11.7. The fourth-order valence-electron chi connectivity index (χ4n) is 4.34. The summed E-state index contributed by atoms with van der Waals surface area (Å²) in [5, 5.41) is 0. The molecule has 0 saturated carbocycles. The van der Waals surface area contributed by atoms with Gasteiger partial charge in [0.15, 0.2) is 0 Å². The third kappa shape index (κ3) is 10.0. The van der Waals surface area contributed by atoms with Crippen LogP contribution in [0.1, 0.15) is 98.6 Å². The van der Waals surface area contributed by atoms with E-state index in [0.717, 1.165) is 30.6 Å². The molecule has 0 amide bonds. The predicted octanol–water partition coefficient (Wildman–Crippen LogP) is 9.06. The average Bonchev–Trinajstić information content (AvgIpc) is 2.75. The van der Waals surface area contributed by atoms with Gasteiger partial charge in [-0.2, -0.15) is 0 Å². The van der Waals surface area contributed by atoms with E-state index in [0.29, 0.717) is 29.9 Å². The number of esters is 1. The van der Waals surface area contributed by atoms with E-state index in [9.17, 15) is 4.79 Å². The summed E-state index contributed by atoms with van der Waals surface area (Å²) in [5.74, 6) is 1.77. The highest BCUT2D eigenvalue weighted by molar-refractivity contribution is 6.17. The van der Waals surface area contributed by atoms with Crippen molar-refractivity contribution in [2.75, 3.05) is 13.2 Å². The molecule has 0 saturated heterocycles. The Morgan fingerprint density at radius 1 is 0.943 bits per heavy atom. The van der Waals surface area contributed by atoms with Crippen LogP contribution in [0.25, 0.3) is 0 Å². The van der Waals surface area contributed by atoms with Crippen molar-refractivity contribution >= 4 is 17.6 Å². The summed E-state index contributed by atoms with van der Waals surface area (Å²) in [7, 11) is 0. The van der Waals surface area contributed by atoms with E-state index in [1.54, 1.807) is 6.92 Å². The number of hydrogen-bond donors (Lipinski definition) is 0. The van der Waals surface area contributed by atoms with Crippen LogP contribution in [-0.4, -0.2) is 19.2 Å². The smallest absolute Gasteiger partial charge is 0.333 e. The minimum atomic E-state index is -0.392. The molecule has 4 heteroatoms. The maximum absolute atomic E-state index is 11.7. The molecule has 0 N–H and O–H groups in total. The van der Waals surface area contributed by atoms with Crippen molar-refractivity contribution in [3.63, 3.8) is 0 Å². The maximum Gasteiger partial charge on any atom is 0.333 e. The highest BCUT2D eigenvalue weighted by Crippen LogP contribution is 2.47. The van der Waals surface area contributed by atoms with Gasteiger partial charge >= 0.3 is 5.97 Å². The second-order valence-electron chi connectivity index (χ2n) is 12.6. The Balaban J connectivity index is 3.06. The summed E-state index contributed by atoms with van der Waals surface area (Å²) in [6, 6.07) is 8.72. The van der Waals surface area contributed by atoms with Crippen molar-refractivity contribution in [2.24, 2.45) is 22.2 Å². The number of rotatable bonds is 13. The minimum absolute atomic E-state index is 0.109. The lowest BCUT2D eigenvalue weighted by molar-refractivity contribution is -0.140. The van der Waals surface area contributed by atoms with Gasteiger partial charge in [0, 0.05) is 16.9 Å². The van der Waals surface area contributed by atoms with Crippen molar-refractivity contribution in [2.45, 2.75) is 93.4 Å². The van der Waals surface area contributed by atoms with Gasteiger partial charge in [-0.3, -0.25) is 0 Å². The fourth-order valence-corrected chi connectivity index (χ4v) is 4.51. The van der Waals surface area contributed by atoms with Crippen LogP contribution in [0.15, 0.2) is 48.8 Å². The van der Waals surface area contributed by atoms with Crippen LogP contribution < -0.4 is 0 Å². The average molecular weight is 505 g/mol. The van der Waals surface area contributed by atoms with E-state index in [1.165, 1.54) is 5.56 Å². The van der Waals surface area contributed by atoms with Crippen LogP contribution in [0, 0.1) is 22.2 Å². The lowest BCUT2D eigenvalue weighted by Crippen LogP contribution is -2.31. The number of carbonyl (C=O) groups is 1. The molecular formula is C31H49ClO3. The molecule has 0 bridgehead atoms. The first-order valence-electron chi connectivity index (χ1n) is 12.8. The van der Waals surface area contributed by atoms with E-state index in [1.807, 2.05) is 0 Å². The van der Waals surface area contributed by atoms with Crippen LogP contribution >= 0.6 is 11.6 Å². The lowest BCUT2D eigenvalue weighted by Gasteiger charge is -2.40. The molecule has 1 aromatic carbocycles. The highest BCUT2D eigenvalue weighted by atomic mass is 35.5.